The summed E-state index contributed by atoms with van der Waals surface area (Å²) < 4.78 is 5.31. The first-order valence-electron chi connectivity index (χ1n) is 6.12. The lowest BCUT2D eigenvalue weighted by atomic mass is 10.1. The number of hydrogen-bond acceptors (Lipinski definition) is 4. The first kappa shape index (κ1) is 14.5. The minimum Gasteiger partial charge on any atom is -0.443 e. The molecule has 1 fully saturated rings. The molecule has 0 aliphatic carbocycles. The number of amides is 1. The third kappa shape index (κ3) is 4.05. The molecule has 0 aromatic heterocycles. The summed E-state index contributed by atoms with van der Waals surface area (Å²) in [6.45, 7) is 5.96. The van der Waals surface area contributed by atoms with Crippen molar-refractivity contribution < 1.29 is 14.3 Å². The minimum atomic E-state index is -0.555. The number of carbonyl (C=O) groups is 2. The number of piperidine rings is 1. The van der Waals surface area contributed by atoms with Crippen LogP contribution in [0.1, 0.15) is 33.6 Å². The first-order valence-corrected chi connectivity index (χ1v) is 6.12. The molecular weight excluding hydrogens is 232 g/mol. The lowest BCUT2D eigenvalue weighted by Gasteiger charge is -2.31. The predicted octanol–water partition coefficient (Wildman–Crippen LogP) is 1.99. The van der Waals surface area contributed by atoms with Gasteiger partial charge in [0.2, 0.25) is 0 Å². The quantitative estimate of drug-likeness (QED) is 0.671. The van der Waals surface area contributed by atoms with Gasteiger partial charge in [0, 0.05) is 33.3 Å². The van der Waals surface area contributed by atoms with Crippen LogP contribution < -0.4 is 0 Å². The highest BCUT2D eigenvalue weighted by Gasteiger charge is 2.31. The molecule has 0 aromatic rings. The van der Waals surface area contributed by atoms with E-state index in [4.69, 9.17) is 4.74 Å². The smallest absolute Gasteiger partial charge is 0.414 e. The van der Waals surface area contributed by atoms with Crippen molar-refractivity contribution in [1.29, 1.82) is 0 Å². The van der Waals surface area contributed by atoms with Gasteiger partial charge >= 0.3 is 6.09 Å². The van der Waals surface area contributed by atoms with E-state index in [1.165, 1.54) is 4.90 Å². The Labute approximate surface area is 108 Å². The van der Waals surface area contributed by atoms with Gasteiger partial charge in [0.1, 0.15) is 11.3 Å². The number of allylic oxidation sites excluding steroid dienone is 1. The number of Topliss-reactive ketones (excluding diaryl/α,β-unsaturated/α-hetero) is 1. The molecule has 0 N–H and O–H groups in total. The average Bonchev–Trinajstić information content (AvgIpc) is 2.17. The molecule has 0 saturated carbocycles. The Morgan fingerprint density at radius 1 is 1.39 bits per heavy atom. The molecule has 18 heavy (non-hydrogen) atoms. The van der Waals surface area contributed by atoms with Crippen LogP contribution in [0.2, 0.25) is 0 Å². The van der Waals surface area contributed by atoms with Crippen LogP contribution >= 0.6 is 0 Å². The zero-order chi connectivity index (χ0) is 13.9. The monoisotopic (exact) mass is 254 g/mol. The Morgan fingerprint density at radius 3 is 2.50 bits per heavy atom. The third-order valence-electron chi connectivity index (χ3n) is 2.36. The molecule has 1 aliphatic heterocycles. The molecule has 5 heteroatoms. The summed E-state index contributed by atoms with van der Waals surface area (Å²) in [4.78, 5) is 27.1. The second-order valence-electron chi connectivity index (χ2n) is 5.64. The summed E-state index contributed by atoms with van der Waals surface area (Å²) in [5.41, 5.74) is -0.138. The van der Waals surface area contributed by atoms with Gasteiger partial charge in [-0.1, -0.05) is 0 Å². The maximum absolute atomic E-state index is 12.0. The van der Waals surface area contributed by atoms with Crippen LogP contribution in [0.3, 0.4) is 0 Å². The van der Waals surface area contributed by atoms with Crippen molar-refractivity contribution in [2.24, 2.45) is 0 Å². The number of ether oxygens (including phenoxy) is 1. The number of carbonyl (C=O) groups excluding carboxylic acids is 2. The molecule has 0 aromatic carbocycles. The van der Waals surface area contributed by atoms with Crippen molar-refractivity contribution >= 4 is 11.9 Å². The number of ketones is 1. The molecule has 1 aliphatic rings. The summed E-state index contributed by atoms with van der Waals surface area (Å²) in [7, 11) is 3.64. The van der Waals surface area contributed by atoms with Gasteiger partial charge in [-0.15, -0.1) is 0 Å². The van der Waals surface area contributed by atoms with Gasteiger partial charge in [0.15, 0.2) is 5.78 Å². The zero-order valence-electron chi connectivity index (χ0n) is 11.8. The van der Waals surface area contributed by atoms with Crippen LogP contribution in [-0.4, -0.2) is 47.9 Å². The van der Waals surface area contributed by atoms with Crippen molar-refractivity contribution in [3.05, 3.63) is 11.9 Å². The van der Waals surface area contributed by atoms with E-state index < -0.39 is 11.7 Å². The maximum Gasteiger partial charge on any atom is 0.414 e. The molecule has 1 saturated heterocycles. The van der Waals surface area contributed by atoms with E-state index >= 15 is 0 Å². The Balaban J connectivity index is 2.90. The highest BCUT2D eigenvalue weighted by atomic mass is 16.6. The summed E-state index contributed by atoms with van der Waals surface area (Å²) >= 11 is 0. The van der Waals surface area contributed by atoms with Crippen molar-refractivity contribution in [1.82, 2.24) is 9.80 Å². The zero-order valence-corrected chi connectivity index (χ0v) is 11.8. The molecule has 0 atom stereocenters. The van der Waals surface area contributed by atoms with Gasteiger partial charge in [-0.3, -0.25) is 9.69 Å². The van der Waals surface area contributed by atoms with Crippen molar-refractivity contribution in [3.8, 4) is 0 Å². The molecule has 1 rings (SSSR count). The molecule has 0 unspecified atom stereocenters. The second-order valence-corrected chi connectivity index (χ2v) is 5.64. The Kier molecular flexibility index (Phi) is 4.38. The third-order valence-corrected chi connectivity index (χ3v) is 2.36. The largest absolute Gasteiger partial charge is 0.443 e. The lowest BCUT2D eigenvalue weighted by molar-refractivity contribution is -0.118. The number of likely N-dealkylation sites (tertiary alicyclic amines) is 1. The minimum absolute atomic E-state index is 0.0131. The summed E-state index contributed by atoms with van der Waals surface area (Å²) in [6.07, 6.45) is 2.39. The molecule has 1 heterocycles. The van der Waals surface area contributed by atoms with Crippen LogP contribution in [0.25, 0.3) is 0 Å². The fourth-order valence-electron chi connectivity index (χ4n) is 1.69. The highest BCUT2D eigenvalue weighted by molar-refractivity contribution is 5.98. The normalized spacial score (nSPS) is 19.1. The van der Waals surface area contributed by atoms with Gasteiger partial charge in [0.05, 0.1) is 0 Å². The standard InChI is InChI=1S/C13H22N2O3/c1-13(2,3)18-12(17)15-8-6-7-11(16)10(15)9-14(4)5/h9H,6-8H2,1-5H3/b10-9+. The molecule has 0 spiro atoms. The molecule has 1 amide bonds. The van der Waals surface area contributed by atoms with E-state index in [1.807, 2.05) is 34.9 Å². The van der Waals surface area contributed by atoms with Gasteiger partial charge < -0.3 is 9.64 Å². The van der Waals surface area contributed by atoms with Gasteiger partial charge in [-0.25, -0.2) is 4.79 Å². The number of rotatable bonds is 1. The van der Waals surface area contributed by atoms with E-state index in [0.717, 1.165) is 0 Å². The summed E-state index contributed by atoms with van der Waals surface area (Å²) in [5, 5.41) is 0. The Morgan fingerprint density at radius 2 is 2.00 bits per heavy atom. The fraction of sp³-hybridized carbons (Fsp3) is 0.692. The highest BCUT2D eigenvalue weighted by Crippen LogP contribution is 2.20. The summed E-state index contributed by atoms with van der Waals surface area (Å²) in [5.74, 6) is -0.0131. The van der Waals surface area contributed by atoms with Gasteiger partial charge in [-0.05, 0) is 27.2 Å². The lowest BCUT2D eigenvalue weighted by Crippen LogP contribution is -2.42. The molecular formula is C13H22N2O3. The molecule has 5 nitrogen and oxygen atoms in total. The second kappa shape index (κ2) is 5.42. The van der Waals surface area contributed by atoms with E-state index in [1.54, 1.807) is 11.1 Å². The number of nitrogens with zero attached hydrogens (tertiary/aromatic N) is 2. The Bertz CT molecular complexity index is 367. The van der Waals surface area contributed by atoms with Crippen LogP contribution in [0, 0.1) is 0 Å². The predicted molar refractivity (Wildman–Crippen MR) is 69.0 cm³/mol. The van der Waals surface area contributed by atoms with E-state index in [2.05, 4.69) is 0 Å². The average molecular weight is 254 g/mol. The van der Waals surface area contributed by atoms with Crippen molar-refractivity contribution in [2.45, 2.75) is 39.2 Å². The summed E-state index contributed by atoms with van der Waals surface area (Å²) in [6, 6.07) is 0. The fourth-order valence-corrected chi connectivity index (χ4v) is 1.69. The van der Waals surface area contributed by atoms with Crippen LogP contribution in [0.15, 0.2) is 11.9 Å². The van der Waals surface area contributed by atoms with E-state index in [-0.39, 0.29) is 5.78 Å². The Hall–Kier alpha value is -1.52. The van der Waals surface area contributed by atoms with Crippen LogP contribution in [-0.2, 0) is 9.53 Å². The molecule has 0 radical (unpaired) electrons. The topological polar surface area (TPSA) is 49.9 Å². The van der Waals surface area contributed by atoms with E-state index in [9.17, 15) is 9.59 Å². The SMILES string of the molecule is CN(C)/C=C1\C(=O)CCCN1C(=O)OC(C)(C)C. The van der Waals surface area contributed by atoms with Gasteiger partial charge in [-0.2, -0.15) is 0 Å². The van der Waals surface area contributed by atoms with Gasteiger partial charge in [0.25, 0.3) is 0 Å². The van der Waals surface area contributed by atoms with E-state index in [0.29, 0.717) is 25.1 Å². The first-order chi connectivity index (χ1) is 8.20. The number of hydrogen-bond donors (Lipinski definition) is 0. The molecule has 102 valence electrons. The van der Waals surface area contributed by atoms with Crippen molar-refractivity contribution in [2.75, 3.05) is 20.6 Å². The van der Waals surface area contributed by atoms with Crippen molar-refractivity contribution in [3.63, 3.8) is 0 Å². The van der Waals surface area contributed by atoms with Crippen LogP contribution in [0.5, 0.6) is 0 Å². The molecule has 0 bridgehead atoms. The maximum atomic E-state index is 12.0. The van der Waals surface area contributed by atoms with Crippen LogP contribution in [0.4, 0.5) is 4.79 Å².